The monoisotopic (exact) mass is 587 g/mol. The molecule has 0 radical (unpaired) electrons. The van der Waals surface area contributed by atoms with Crippen LogP contribution in [0.1, 0.15) is 57.6 Å². The molecule has 1 aliphatic rings. The number of hydrogen-bond acceptors (Lipinski definition) is 5. The number of nitrogens with zero attached hydrogens (tertiary/aromatic N) is 2. The van der Waals surface area contributed by atoms with Gasteiger partial charge in [0.2, 0.25) is 0 Å². The van der Waals surface area contributed by atoms with Crippen molar-refractivity contribution in [3.63, 3.8) is 0 Å². The maximum Gasteiger partial charge on any atom is 0.410 e. The van der Waals surface area contributed by atoms with E-state index in [1.165, 1.54) is 0 Å². The van der Waals surface area contributed by atoms with Crippen LogP contribution in [0.3, 0.4) is 0 Å². The van der Waals surface area contributed by atoms with Crippen molar-refractivity contribution in [2.24, 2.45) is 0 Å². The first kappa shape index (κ1) is 29.6. The van der Waals surface area contributed by atoms with E-state index in [-0.39, 0.29) is 17.7 Å². The third kappa shape index (κ3) is 6.62. The zero-order chi connectivity index (χ0) is 30.0. The van der Waals surface area contributed by atoms with E-state index in [9.17, 15) is 9.59 Å². The molecule has 0 spiro atoms. The fourth-order valence-corrected chi connectivity index (χ4v) is 5.96. The Morgan fingerprint density at radius 1 is 1.10 bits per heavy atom. The van der Waals surface area contributed by atoms with E-state index in [1.807, 2.05) is 75.9 Å². The number of pyridine rings is 2. The molecule has 0 bridgehead atoms. The second kappa shape index (κ2) is 12.2. The third-order valence-electron chi connectivity index (χ3n) is 7.46. The lowest BCUT2D eigenvalue weighted by Crippen LogP contribution is -2.46. The van der Waals surface area contributed by atoms with E-state index in [0.717, 1.165) is 52.6 Å². The van der Waals surface area contributed by atoms with E-state index >= 15 is 0 Å². The molecule has 1 aliphatic heterocycles. The largest absolute Gasteiger partial charge is 0.492 e. The van der Waals surface area contributed by atoms with Crippen molar-refractivity contribution in [1.82, 2.24) is 14.9 Å². The summed E-state index contributed by atoms with van der Waals surface area (Å²) < 4.78 is 12.3. The molecule has 1 unspecified atom stereocenters. The van der Waals surface area contributed by atoms with Gasteiger partial charge in [0, 0.05) is 36.2 Å². The number of carbonyl (C=O) groups is 1. The highest BCUT2D eigenvalue weighted by Crippen LogP contribution is 2.39. The lowest BCUT2D eigenvalue weighted by atomic mass is 9.98. The molecule has 0 aliphatic carbocycles. The Morgan fingerprint density at radius 3 is 2.55 bits per heavy atom. The van der Waals surface area contributed by atoms with E-state index in [1.54, 1.807) is 12.3 Å². The van der Waals surface area contributed by atoms with Gasteiger partial charge in [-0.1, -0.05) is 47.0 Å². The lowest BCUT2D eigenvalue weighted by Gasteiger charge is -2.36. The molecule has 1 N–H and O–H groups in total. The van der Waals surface area contributed by atoms with Gasteiger partial charge in [0.05, 0.1) is 28.4 Å². The quantitative estimate of drug-likeness (QED) is 0.246. The number of carbonyl (C=O) groups excluding carboxylic acids is 1. The average molecular weight is 588 g/mol. The molecule has 2 aromatic carbocycles. The van der Waals surface area contributed by atoms with Gasteiger partial charge in [-0.05, 0) is 83.7 Å². The number of aromatic amines is 1. The van der Waals surface area contributed by atoms with Crippen molar-refractivity contribution < 1.29 is 14.3 Å². The van der Waals surface area contributed by atoms with Gasteiger partial charge in [0.15, 0.2) is 0 Å². The van der Waals surface area contributed by atoms with Gasteiger partial charge in [-0.15, -0.1) is 0 Å². The van der Waals surface area contributed by atoms with Gasteiger partial charge in [0.25, 0.3) is 5.56 Å². The maximum atomic E-state index is 13.6. The number of halogens is 1. The van der Waals surface area contributed by atoms with Gasteiger partial charge in [-0.2, -0.15) is 0 Å². The normalized spacial score (nSPS) is 15.6. The molecule has 1 saturated heterocycles. The second-order valence-electron chi connectivity index (χ2n) is 12.1. The van der Waals surface area contributed by atoms with Crippen molar-refractivity contribution >= 4 is 28.6 Å². The zero-order valence-corrected chi connectivity index (χ0v) is 25.7. The van der Waals surface area contributed by atoms with Crippen LogP contribution >= 0.6 is 11.6 Å². The summed E-state index contributed by atoms with van der Waals surface area (Å²) in [5, 5.41) is 1.22. The molecule has 4 aromatic rings. The maximum absolute atomic E-state index is 13.6. The molecular formula is C34H38ClN3O4. The summed E-state index contributed by atoms with van der Waals surface area (Å²) in [6.07, 6.45) is 4.91. The highest BCUT2D eigenvalue weighted by Gasteiger charge is 2.30. The number of nitrogens with one attached hydrogen (secondary N) is 1. The summed E-state index contributed by atoms with van der Waals surface area (Å²) in [4.78, 5) is 36.0. The summed E-state index contributed by atoms with van der Waals surface area (Å²) in [5.41, 5.74) is 4.60. The standard InChI is InChI=1S/C34H38ClN3O4/c1-21-16-22(2)18-23(17-21)30-31(41-15-12-24-10-7-9-14-38(24)33(40)42-34(3,4)5)26-19-25(28-11-6-8-13-36-28)27(35)20-29(26)37-32(30)39/h6,8,11,13,16-20,24H,7,9-10,12,14-15H2,1-5H3,(H,37,39). The van der Waals surface area contributed by atoms with E-state index in [0.29, 0.717) is 41.4 Å². The van der Waals surface area contributed by atoms with Gasteiger partial charge >= 0.3 is 6.09 Å². The number of likely N-dealkylation sites (tertiary alicyclic amines) is 1. The predicted octanol–water partition coefficient (Wildman–Crippen LogP) is 8.09. The van der Waals surface area contributed by atoms with E-state index in [4.69, 9.17) is 21.1 Å². The minimum absolute atomic E-state index is 0.00921. The second-order valence-corrected chi connectivity index (χ2v) is 12.5. The molecule has 2 aromatic heterocycles. The van der Waals surface area contributed by atoms with E-state index in [2.05, 4.69) is 16.0 Å². The van der Waals surface area contributed by atoms with Crippen LogP contribution in [0, 0.1) is 13.8 Å². The summed E-state index contributed by atoms with van der Waals surface area (Å²) in [6, 6.07) is 15.4. The van der Waals surface area contributed by atoms with Crippen LogP contribution in [-0.2, 0) is 4.74 Å². The Morgan fingerprint density at radius 2 is 1.86 bits per heavy atom. The van der Waals surface area contributed by atoms with Crippen LogP contribution < -0.4 is 10.3 Å². The van der Waals surface area contributed by atoms with Crippen LogP contribution in [0.15, 0.2) is 59.5 Å². The minimum Gasteiger partial charge on any atom is -0.492 e. The van der Waals surface area contributed by atoms with Gasteiger partial charge in [0.1, 0.15) is 11.4 Å². The summed E-state index contributed by atoms with van der Waals surface area (Å²) >= 11 is 6.69. The van der Waals surface area contributed by atoms with Crippen LogP contribution in [0.4, 0.5) is 4.79 Å². The van der Waals surface area contributed by atoms with Crippen molar-refractivity contribution in [2.75, 3.05) is 13.2 Å². The number of H-pyrrole nitrogens is 1. The number of benzene rings is 2. The molecule has 0 saturated carbocycles. The zero-order valence-electron chi connectivity index (χ0n) is 24.9. The average Bonchev–Trinajstić information content (AvgIpc) is 2.92. The topological polar surface area (TPSA) is 84.5 Å². The Hall–Kier alpha value is -3.84. The summed E-state index contributed by atoms with van der Waals surface area (Å²) in [7, 11) is 0. The lowest BCUT2D eigenvalue weighted by molar-refractivity contribution is 0.00745. The fraction of sp³-hybridized carbons (Fsp3) is 0.382. The molecular weight excluding hydrogens is 550 g/mol. The van der Waals surface area contributed by atoms with E-state index < -0.39 is 5.60 Å². The Bertz CT molecular complexity index is 1640. The molecule has 1 fully saturated rings. The molecule has 42 heavy (non-hydrogen) atoms. The number of fused-ring (bicyclic) bond motifs is 1. The highest BCUT2D eigenvalue weighted by atomic mass is 35.5. The molecule has 5 rings (SSSR count). The number of aryl methyl sites for hydroxylation is 2. The number of aromatic nitrogens is 2. The number of piperidine rings is 1. The smallest absolute Gasteiger partial charge is 0.410 e. The predicted molar refractivity (Wildman–Crippen MR) is 168 cm³/mol. The number of ether oxygens (including phenoxy) is 2. The fourth-order valence-electron chi connectivity index (χ4n) is 5.70. The molecule has 3 heterocycles. The minimum atomic E-state index is -0.562. The first-order valence-electron chi connectivity index (χ1n) is 14.5. The molecule has 8 heteroatoms. The SMILES string of the molecule is Cc1cc(C)cc(-c2c(OCCC3CCCCN3C(=O)OC(C)(C)C)c3cc(-c4ccccn4)c(Cl)cc3[nH]c2=O)c1. The molecule has 1 atom stereocenters. The summed E-state index contributed by atoms with van der Waals surface area (Å²) in [6.45, 7) is 10.6. The number of hydrogen-bond donors (Lipinski definition) is 1. The van der Waals surface area contributed by atoms with Crippen LogP contribution in [0.2, 0.25) is 5.02 Å². The van der Waals surface area contributed by atoms with Gasteiger partial charge in [-0.3, -0.25) is 9.78 Å². The van der Waals surface area contributed by atoms with Crippen LogP contribution in [-0.4, -0.2) is 45.8 Å². The Balaban J connectivity index is 1.55. The highest BCUT2D eigenvalue weighted by molar-refractivity contribution is 6.34. The van der Waals surface area contributed by atoms with Gasteiger partial charge in [-0.25, -0.2) is 4.79 Å². The third-order valence-corrected chi connectivity index (χ3v) is 7.77. The summed E-state index contributed by atoms with van der Waals surface area (Å²) in [5.74, 6) is 0.493. The first-order chi connectivity index (χ1) is 20.0. The number of amides is 1. The van der Waals surface area contributed by atoms with Crippen LogP contribution in [0.5, 0.6) is 5.75 Å². The van der Waals surface area contributed by atoms with Gasteiger partial charge < -0.3 is 19.4 Å². The van der Waals surface area contributed by atoms with Crippen molar-refractivity contribution in [3.8, 4) is 28.1 Å². The van der Waals surface area contributed by atoms with Crippen molar-refractivity contribution in [2.45, 2.75) is 71.9 Å². The first-order valence-corrected chi connectivity index (χ1v) is 14.9. The van der Waals surface area contributed by atoms with Crippen LogP contribution in [0.25, 0.3) is 33.3 Å². The Labute approximate surface area is 251 Å². The van der Waals surface area contributed by atoms with Crippen molar-refractivity contribution in [3.05, 3.63) is 81.2 Å². The van der Waals surface area contributed by atoms with Crippen molar-refractivity contribution in [1.29, 1.82) is 0 Å². The Kier molecular flexibility index (Phi) is 8.60. The molecule has 1 amide bonds. The molecule has 7 nitrogen and oxygen atoms in total. The molecule has 220 valence electrons. The number of rotatable bonds is 6.